The third-order valence-corrected chi connectivity index (χ3v) is 4.23. The van der Waals surface area contributed by atoms with Crippen LogP contribution < -0.4 is 11.1 Å². The molecule has 3 nitrogen and oxygen atoms in total. The van der Waals surface area contributed by atoms with Crippen LogP contribution in [0.1, 0.15) is 38.2 Å². The van der Waals surface area contributed by atoms with Gasteiger partial charge in [0.25, 0.3) is 0 Å². The number of benzene rings is 1. The van der Waals surface area contributed by atoms with Gasteiger partial charge < -0.3 is 11.1 Å². The Hall–Kier alpha value is -1.51. The van der Waals surface area contributed by atoms with Crippen LogP contribution >= 0.6 is 0 Å². The van der Waals surface area contributed by atoms with E-state index in [2.05, 4.69) is 12.2 Å². The average Bonchev–Trinajstić information content (AvgIpc) is 2.31. The van der Waals surface area contributed by atoms with E-state index < -0.39 is 0 Å². The lowest BCUT2D eigenvalue weighted by Crippen LogP contribution is -2.42. The molecule has 18 heavy (non-hydrogen) atoms. The summed E-state index contributed by atoms with van der Waals surface area (Å²) >= 11 is 0. The maximum Gasteiger partial charge on any atom is 0.224 e. The van der Waals surface area contributed by atoms with Crippen molar-refractivity contribution in [2.45, 2.75) is 39.0 Å². The summed E-state index contributed by atoms with van der Waals surface area (Å²) in [5, 5.41) is 3.06. The largest absolute Gasteiger partial charge is 0.398 e. The zero-order valence-electron chi connectivity index (χ0n) is 11.0. The van der Waals surface area contributed by atoms with Crippen molar-refractivity contribution < 1.29 is 4.79 Å². The first-order chi connectivity index (χ1) is 8.65. The summed E-state index contributed by atoms with van der Waals surface area (Å²) in [5.41, 5.74) is 7.81. The predicted octanol–water partition coefficient (Wildman–Crippen LogP) is 2.51. The van der Waals surface area contributed by atoms with E-state index in [1.54, 1.807) is 0 Å². The van der Waals surface area contributed by atoms with E-state index in [-0.39, 0.29) is 5.91 Å². The fourth-order valence-electron chi connectivity index (χ4n) is 2.55. The van der Waals surface area contributed by atoms with E-state index in [1.165, 1.54) is 19.3 Å². The van der Waals surface area contributed by atoms with Crippen molar-refractivity contribution in [2.24, 2.45) is 5.41 Å². The lowest BCUT2D eigenvalue weighted by Gasteiger charge is -2.41. The van der Waals surface area contributed by atoms with Crippen LogP contribution in [0.5, 0.6) is 0 Å². The van der Waals surface area contributed by atoms with Gasteiger partial charge in [0.2, 0.25) is 5.91 Å². The van der Waals surface area contributed by atoms with E-state index in [1.807, 2.05) is 24.3 Å². The van der Waals surface area contributed by atoms with Gasteiger partial charge in [-0.3, -0.25) is 4.79 Å². The van der Waals surface area contributed by atoms with Gasteiger partial charge in [-0.1, -0.05) is 31.5 Å². The summed E-state index contributed by atoms with van der Waals surface area (Å²) in [6.07, 6.45) is 5.33. The van der Waals surface area contributed by atoms with E-state index in [0.717, 1.165) is 18.5 Å². The monoisotopic (exact) mass is 246 g/mol. The van der Waals surface area contributed by atoms with Gasteiger partial charge >= 0.3 is 0 Å². The molecule has 0 atom stereocenters. The molecule has 1 amide bonds. The Balaban J connectivity index is 1.84. The smallest absolute Gasteiger partial charge is 0.224 e. The fourth-order valence-corrected chi connectivity index (χ4v) is 2.55. The number of carbonyl (C=O) groups is 1. The molecule has 1 aromatic rings. The minimum atomic E-state index is 0.0765. The Kier molecular flexibility index (Phi) is 3.90. The summed E-state index contributed by atoms with van der Waals surface area (Å²) in [6, 6.07) is 7.55. The summed E-state index contributed by atoms with van der Waals surface area (Å²) < 4.78 is 0. The summed E-state index contributed by atoms with van der Waals surface area (Å²) in [7, 11) is 0. The van der Waals surface area contributed by atoms with E-state index in [4.69, 9.17) is 5.73 Å². The second-order valence-electron chi connectivity index (χ2n) is 5.36. The second kappa shape index (κ2) is 5.42. The van der Waals surface area contributed by atoms with Crippen molar-refractivity contribution in [1.29, 1.82) is 0 Å². The minimum absolute atomic E-state index is 0.0765. The highest BCUT2D eigenvalue weighted by atomic mass is 16.1. The maximum absolute atomic E-state index is 11.9. The number of carbonyl (C=O) groups excluding carboxylic acids is 1. The molecular formula is C15H22N2O. The summed E-state index contributed by atoms with van der Waals surface area (Å²) in [5.74, 6) is 0.0765. The van der Waals surface area contributed by atoms with Gasteiger partial charge in [-0.2, -0.15) is 0 Å². The fraction of sp³-hybridized carbons (Fsp3) is 0.533. The van der Waals surface area contributed by atoms with Crippen LogP contribution in [0.4, 0.5) is 5.69 Å². The van der Waals surface area contributed by atoms with E-state index in [9.17, 15) is 4.79 Å². The second-order valence-corrected chi connectivity index (χ2v) is 5.36. The molecule has 0 saturated heterocycles. The Labute approximate surface area is 109 Å². The SMILES string of the molecule is CCC1(CNC(=O)Cc2ccccc2N)CCC1. The van der Waals surface area contributed by atoms with Crippen molar-refractivity contribution in [3.63, 3.8) is 0 Å². The Morgan fingerprint density at radius 1 is 1.39 bits per heavy atom. The molecule has 0 aromatic heterocycles. The Bertz CT molecular complexity index is 419. The molecule has 0 bridgehead atoms. The third-order valence-electron chi connectivity index (χ3n) is 4.23. The molecule has 2 rings (SSSR count). The lowest BCUT2D eigenvalue weighted by atomic mass is 9.67. The summed E-state index contributed by atoms with van der Waals surface area (Å²) in [4.78, 5) is 11.9. The highest BCUT2D eigenvalue weighted by Gasteiger charge is 2.35. The molecule has 1 saturated carbocycles. The van der Waals surface area contributed by atoms with Crippen LogP contribution in [-0.4, -0.2) is 12.5 Å². The first kappa shape index (κ1) is 12.9. The van der Waals surface area contributed by atoms with Gasteiger partial charge in [-0.05, 0) is 36.3 Å². The highest BCUT2D eigenvalue weighted by Crippen LogP contribution is 2.43. The number of hydrogen-bond donors (Lipinski definition) is 2. The molecule has 1 aliphatic carbocycles. The highest BCUT2D eigenvalue weighted by molar-refractivity contribution is 5.80. The van der Waals surface area contributed by atoms with Gasteiger partial charge in [-0.15, -0.1) is 0 Å². The Morgan fingerprint density at radius 3 is 2.67 bits per heavy atom. The standard InChI is InChI=1S/C15H22N2O/c1-2-15(8-5-9-15)11-17-14(18)10-12-6-3-4-7-13(12)16/h3-4,6-7H,2,5,8-11,16H2,1H3,(H,17,18). The quantitative estimate of drug-likeness (QED) is 0.784. The number of anilines is 1. The number of nitrogens with two attached hydrogens (primary N) is 1. The summed E-state index contributed by atoms with van der Waals surface area (Å²) in [6.45, 7) is 3.02. The molecule has 3 heteroatoms. The number of amides is 1. The normalized spacial score (nSPS) is 16.9. The predicted molar refractivity (Wildman–Crippen MR) is 74.1 cm³/mol. The number of para-hydroxylation sites is 1. The zero-order valence-corrected chi connectivity index (χ0v) is 11.0. The minimum Gasteiger partial charge on any atom is -0.398 e. The van der Waals surface area contributed by atoms with Crippen molar-refractivity contribution in [3.8, 4) is 0 Å². The molecule has 3 N–H and O–H groups in total. The molecule has 0 radical (unpaired) electrons. The van der Waals surface area contributed by atoms with Crippen molar-refractivity contribution in [2.75, 3.05) is 12.3 Å². The third kappa shape index (κ3) is 2.84. The van der Waals surface area contributed by atoms with Crippen LogP contribution in [-0.2, 0) is 11.2 Å². The molecule has 98 valence electrons. The van der Waals surface area contributed by atoms with Gasteiger partial charge in [0.15, 0.2) is 0 Å². The molecule has 0 unspecified atom stereocenters. The topological polar surface area (TPSA) is 55.1 Å². The van der Waals surface area contributed by atoms with Crippen LogP contribution in [0.2, 0.25) is 0 Å². The van der Waals surface area contributed by atoms with Crippen LogP contribution in [0.3, 0.4) is 0 Å². The maximum atomic E-state index is 11.9. The molecule has 1 aromatic carbocycles. The number of nitrogens with one attached hydrogen (secondary N) is 1. The van der Waals surface area contributed by atoms with Crippen molar-refractivity contribution in [1.82, 2.24) is 5.32 Å². The van der Waals surface area contributed by atoms with E-state index >= 15 is 0 Å². The van der Waals surface area contributed by atoms with Gasteiger partial charge in [0.05, 0.1) is 6.42 Å². The number of hydrogen-bond acceptors (Lipinski definition) is 2. The molecular weight excluding hydrogens is 224 g/mol. The average molecular weight is 246 g/mol. The van der Waals surface area contributed by atoms with Crippen molar-refractivity contribution in [3.05, 3.63) is 29.8 Å². The van der Waals surface area contributed by atoms with Gasteiger partial charge in [-0.25, -0.2) is 0 Å². The number of nitrogen functional groups attached to an aromatic ring is 1. The Morgan fingerprint density at radius 2 is 2.11 bits per heavy atom. The molecule has 0 aliphatic heterocycles. The van der Waals surface area contributed by atoms with Crippen LogP contribution in [0.15, 0.2) is 24.3 Å². The van der Waals surface area contributed by atoms with E-state index in [0.29, 0.717) is 17.5 Å². The molecule has 1 aliphatic rings. The van der Waals surface area contributed by atoms with Crippen molar-refractivity contribution >= 4 is 11.6 Å². The molecule has 0 spiro atoms. The number of rotatable bonds is 5. The first-order valence-electron chi connectivity index (χ1n) is 6.75. The van der Waals surface area contributed by atoms with Crippen LogP contribution in [0, 0.1) is 5.41 Å². The molecule has 1 fully saturated rings. The lowest BCUT2D eigenvalue weighted by molar-refractivity contribution is -0.121. The zero-order chi connectivity index (χ0) is 13.0. The first-order valence-corrected chi connectivity index (χ1v) is 6.75. The molecule has 0 heterocycles. The van der Waals surface area contributed by atoms with Crippen LogP contribution in [0.25, 0.3) is 0 Å². The van der Waals surface area contributed by atoms with Gasteiger partial charge in [0.1, 0.15) is 0 Å². The van der Waals surface area contributed by atoms with Gasteiger partial charge in [0, 0.05) is 12.2 Å².